The topological polar surface area (TPSA) is 120 Å². The number of carbonyl (C=O) groups excluding carboxylic acids is 2. The van der Waals surface area contributed by atoms with Crippen LogP contribution in [0.1, 0.15) is 92.3 Å². The van der Waals surface area contributed by atoms with Gasteiger partial charge in [-0.2, -0.15) is 0 Å². The number of rotatable bonds is 16. The number of nitrogens with one attached hydrogen (secondary N) is 2. The summed E-state index contributed by atoms with van der Waals surface area (Å²) in [5.74, 6) is -0.0211. The normalized spacial score (nSPS) is 19.4. The van der Waals surface area contributed by atoms with Gasteiger partial charge in [0.25, 0.3) is 0 Å². The van der Waals surface area contributed by atoms with Crippen LogP contribution < -0.4 is 10.6 Å². The molecule has 3 aromatic carbocycles. The summed E-state index contributed by atoms with van der Waals surface area (Å²) >= 11 is 0. The lowest BCUT2D eigenvalue weighted by molar-refractivity contribution is -0.253. The van der Waals surface area contributed by atoms with Crippen LogP contribution in [0.3, 0.4) is 0 Å². The first-order valence-corrected chi connectivity index (χ1v) is 16.3. The SMILES string of the molecule is CC(=O)NCCCCCC(=O)NCc1ccc(C2OC(CN(C)C(C)C(O)c3ccccc3)CC(c3ccc(CO)cc3)O2)cc1. The zero-order chi connectivity index (χ0) is 32.9. The molecule has 0 aromatic heterocycles. The van der Waals surface area contributed by atoms with Crippen LogP contribution >= 0.6 is 0 Å². The molecular formula is C37H49N3O6. The molecule has 1 saturated heterocycles. The monoisotopic (exact) mass is 631 g/mol. The fourth-order valence-electron chi connectivity index (χ4n) is 5.62. The molecule has 0 spiro atoms. The van der Waals surface area contributed by atoms with Crippen LogP contribution in [0, 0.1) is 0 Å². The highest BCUT2D eigenvalue weighted by molar-refractivity contribution is 5.75. The lowest BCUT2D eigenvalue weighted by atomic mass is 9.98. The summed E-state index contributed by atoms with van der Waals surface area (Å²) in [6, 6.07) is 25.3. The smallest absolute Gasteiger partial charge is 0.220 e. The first-order valence-electron chi connectivity index (χ1n) is 16.3. The van der Waals surface area contributed by atoms with E-state index in [2.05, 4.69) is 15.5 Å². The molecular weight excluding hydrogens is 582 g/mol. The van der Waals surface area contributed by atoms with Crippen molar-refractivity contribution in [1.82, 2.24) is 15.5 Å². The minimum Gasteiger partial charge on any atom is -0.392 e. The van der Waals surface area contributed by atoms with E-state index in [0.29, 0.717) is 32.5 Å². The zero-order valence-electron chi connectivity index (χ0n) is 27.2. The number of hydrogen-bond acceptors (Lipinski definition) is 7. The number of carbonyl (C=O) groups is 2. The highest BCUT2D eigenvalue weighted by atomic mass is 16.7. The largest absolute Gasteiger partial charge is 0.392 e. The minimum atomic E-state index is -0.633. The molecule has 0 saturated carbocycles. The van der Waals surface area contributed by atoms with Gasteiger partial charge in [-0.25, -0.2) is 0 Å². The van der Waals surface area contributed by atoms with Gasteiger partial charge in [0, 0.05) is 51.0 Å². The second-order valence-corrected chi connectivity index (χ2v) is 12.2. The third kappa shape index (κ3) is 10.7. The van der Waals surface area contributed by atoms with Crippen LogP contribution in [0.25, 0.3) is 0 Å². The zero-order valence-corrected chi connectivity index (χ0v) is 27.2. The Morgan fingerprint density at radius 3 is 2.24 bits per heavy atom. The molecule has 1 aliphatic heterocycles. The van der Waals surface area contributed by atoms with E-state index in [1.807, 2.05) is 92.8 Å². The number of aliphatic hydroxyl groups is 2. The van der Waals surface area contributed by atoms with Crippen LogP contribution in [0.2, 0.25) is 0 Å². The minimum absolute atomic E-state index is 0.0104. The first kappa shape index (κ1) is 35.3. The molecule has 2 amide bonds. The molecule has 0 bridgehead atoms. The summed E-state index contributed by atoms with van der Waals surface area (Å²) in [4.78, 5) is 25.4. The van der Waals surface area contributed by atoms with E-state index in [1.165, 1.54) is 6.92 Å². The number of likely N-dealkylation sites (N-methyl/N-ethyl adjacent to an activating group) is 1. The molecule has 3 aromatic rings. The molecule has 46 heavy (non-hydrogen) atoms. The van der Waals surface area contributed by atoms with Gasteiger partial charge < -0.3 is 30.3 Å². The predicted octanol–water partition coefficient (Wildman–Crippen LogP) is 5.09. The molecule has 9 heteroatoms. The summed E-state index contributed by atoms with van der Waals surface area (Å²) in [5, 5.41) is 26.3. The van der Waals surface area contributed by atoms with Crippen molar-refractivity contribution in [1.29, 1.82) is 0 Å². The Morgan fingerprint density at radius 2 is 1.57 bits per heavy atom. The number of benzene rings is 3. The number of ether oxygens (including phenoxy) is 2. The van der Waals surface area contributed by atoms with E-state index in [-0.39, 0.29) is 36.7 Å². The van der Waals surface area contributed by atoms with E-state index in [0.717, 1.165) is 47.1 Å². The second-order valence-electron chi connectivity index (χ2n) is 12.2. The Bertz CT molecular complexity index is 1350. The Hall–Kier alpha value is -3.60. The number of hydrogen-bond donors (Lipinski definition) is 4. The summed E-state index contributed by atoms with van der Waals surface area (Å²) < 4.78 is 13.0. The molecule has 5 unspecified atom stereocenters. The van der Waals surface area contributed by atoms with Gasteiger partial charge in [-0.15, -0.1) is 0 Å². The molecule has 1 aliphatic rings. The molecule has 1 heterocycles. The van der Waals surface area contributed by atoms with E-state index >= 15 is 0 Å². The van der Waals surface area contributed by atoms with Crippen molar-refractivity contribution in [3.63, 3.8) is 0 Å². The van der Waals surface area contributed by atoms with Crippen molar-refractivity contribution < 1.29 is 29.3 Å². The Labute approximate surface area is 272 Å². The van der Waals surface area contributed by atoms with E-state index in [4.69, 9.17) is 9.47 Å². The average molecular weight is 632 g/mol. The fraction of sp³-hybridized carbons (Fsp3) is 0.459. The van der Waals surface area contributed by atoms with Gasteiger partial charge >= 0.3 is 0 Å². The Morgan fingerprint density at radius 1 is 0.891 bits per heavy atom. The highest BCUT2D eigenvalue weighted by Gasteiger charge is 2.34. The van der Waals surface area contributed by atoms with E-state index in [1.54, 1.807) is 0 Å². The quantitative estimate of drug-likeness (QED) is 0.163. The van der Waals surface area contributed by atoms with Crippen LogP contribution in [0.4, 0.5) is 0 Å². The molecule has 4 N–H and O–H groups in total. The van der Waals surface area contributed by atoms with Crippen molar-refractivity contribution in [3.8, 4) is 0 Å². The lowest BCUT2D eigenvalue weighted by Crippen LogP contribution is -2.43. The summed E-state index contributed by atoms with van der Waals surface area (Å²) in [7, 11) is 2.00. The van der Waals surface area contributed by atoms with Gasteiger partial charge in [-0.3, -0.25) is 14.5 Å². The maximum absolute atomic E-state index is 12.3. The van der Waals surface area contributed by atoms with Crippen LogP contribution in [0.5, 0.6) is 0 Å². The van der Waals surface area contributed by atoms with Gasteiger partial charge in [0.05, 0.1) is 24.9 Å². The number of unbranched alkanes of at least 4 members (excludes halogenated alkanes) is 2. The molecule has 248 valence electrons. The van der Waals surface area contributed by atoms with Crippen LogP contribution in [0.15, 0.2) is 78.9 Å². The molecule has 4 rings (SSSR count). The molecule has 0 radical (unpaired) electrons. The second kappa shape index (κ2) is 17.9. The molecule has 1 fully saturated rings. The molecule has 9 nitrogen and oxygen atoms in total. The van der Waals surface area contributed by atoms with Crippen molar-refractivity contribution >= 4 is 11.8 Å². The summed E-state index contributed by atoms with van der Waals surface area (Å²) in [5.41, 5.74) is 4.61. The molecule has 5 atom stereocenters. The van der Waals surface area contributed by atoms with Crippen molar-refractivity contribution in [2.24, 2.45) is 0 Å². The van der Waals surface area contributed by atoms with E-state index < -0.39 is 12.4 Å². The third-order valence-electron chi connectivity index (χ3n) is 8.60. The van der Waals surface area contributed by atoms with Crippen molar-refractivity contribution in [2.75, 3.05) is 20.1 Å². The van der Waals surface area contributed by atoms with Gasteiger partial charge in [0.1, 0.15) is 0 Å². The average Bonchev–Trinajstić information content (AvgIpc) is 3.08. The Balaban J connectivity index is 1.36. The van der Waals surface area contributed by atoms with Crippen LogP contribution in [-0.4, -0.2) is 59.2 Å². The van der Waals surface area contributed by atoms with Gasteiger partial charge in [0.15, 0.2) is 6.29 Å². The van der Waals surface area contributed by atoms with Gasteiger partial charge in [-0.1, -0.05) is 85.3 Å². The van der Waals surface area contributed by atoms with Crippen LogP contribution in [-0.2, 0) is 32.2 Å². The fourth-order valence-corrected chi connectivity index (χ4v) is 5.62. The molecule has 0 aliphatic carbocycles. The number of nitrogens with zero attached hydrogens (tertiary/aromatic N) is 1. The van der Waals surface area contributed by atoms with Gasteiger partial charge in [0.2, 0.25) is 11.8 Å². The highest BCUT2D eigenvalue weighted by Crippen LogP contribution is 2.38. The van der Waals surface area contributed by atoms with E-state index in [9.17, 15) is 19.8 Å². The first-order chi connectivity index (χ1) is 22.2. The number of amides is 2. The maximum Gasteiger partial charge on any atom is 0.220 e. The summed E-state index contributed by atoms with van der Waals surface area (Å²) in [6.45, 7) is 5.19. The van der Waals surface area contributed by atoms with Crippen molar-refractivity contribution in [3.05, 3.63) is 107 Å². The van der Waals surface area contributed by atoms with Crippen molar-refractivity contribution in [2.45, 2.75) is 89.7 Å². The number of aliphatic hydroxyl groups excluding tert-OH is 2. The third-order valence-corrected chi connectivity index (χ3v) is 8.60. The van der Waals surface area contributed by atoms with Gasteiger partial charge in [-0.05, 0) is 49.1 Å². The summed E-state index contributed by atoms with van der Waals surface area (Å²) in [6.07, 6.45) is 2.04. The lowest BCUT2D eigenvalue weighted by Gasteiger charge is -2.39. The standard InChI is InChI=1S/C37H49N3O6/c1-26(36(44)31-10-6-4-7-11-31)40(3)24-33-22-34(30-17-15-29(25-41)16-18-30)46-37(45-33)32-19-13-28(14-20-32)23-39-35(43)12-8-5-9-21-38-27(2)42/h4,6-7,10-11,13-20,26,33-34,36-37,41,44H,5,8-9,12,21-25H2,1-3H3,(H,38,42)(H,39,43). The Kier molecular flexibility index (Phi) is 13.7. The maximum atomic E-state index is 12.3. The predicted molar refractivity (Wildman–Crippen MR) is 177 cm³/mol.